The van der Waals surface area contributed by atoms with Gasteiger partial charge in [0.15, 0.2) is 0 Å². The fraction of sp³-hybridized carbons (Fsp3) is 0.500. The summed E-state index contributed by atoms with van der Waals surface area (Å²) in [5, 5.41) is 14.3. The number of carboxylic acids is 1. The van der Waals surface area contributed by atoms with Gasteiger partial charge in [-0.25, -0.2) is 9.59 Å². The molecule has 0 spiro atoms. The lowest BCUT2D eigenvalue weighted by molar-refractivity contribution is -0.141. The van der Waals surface area contributed by atoms with Gasteiger partial charge in [-0.1, -0.05) is 20.8 Å². The van der Waals surface area contributed by atoms with Crippen molar-refractivity contribution >= 4 is 12.0 Å². The molecule has 0 saturated carbocycles. The van der Waals surface area contributed by atoms with Crippen LogP contribution >= 0.6 is 0 Å². The highest BCUT2D eigenvalue weighted by Gasteiger charge is 2.32. The average Bonchev–Trinajstić information content (AvgIpc) is 2.33. The third-order valence-electron chi connectivity index (χ3n) is 2.98. The van der Waals surface area contributed by atoms with Gasteiger partial charge >= 0.3 is 12.0 Å². The van der Waals surface area contributed by atoms with E-state index in [1.165, 1.54) is 0 Å². The first-order valence-electron chi connectivity index (χ1n) is 6.38. The Morgan fingerprint density at radius 1 is 1.40 bits per heavy atom. The maximum absolute atomic E-state index is 11.8. The number of nitrogens with zero attached hydrogens (tertiary/aromatic N) is 1. The summed E-state index contributed by atoms with van der Waals surface area (Å²) in [7, 11) is 0. The van der Waals surface area contributed by atoms with E-state index in [2.05, 4.69) is 15.6 Å². The van der Waals surface area contributed by atoms with Gasteiger partial charge in [0.2, 0.25) is 0 Å². The van der Waals surface area contributed by atoms with Crippen molar-refractivity contribution in [1.82, 2.24) is 15.6 Å². The molecule has 1 aromatic rings. The third kappa shape index (κ3) is 4.53. The molecular formula is C14H21N3O3. The molecule has 1 unspecified atom stereocenters. The van der Waals surface area contributed by atoms with Gasteiger partial charge in [0.1, 0.15) is 6.04 Å². The van der Waals surface area contributed by atoms with Crippen LogP contribution in [0.2, 0.25) is 0 Å². The molecule has 3 N–H and O–H groups in total. The van der Waals surface area contributed by atoms with E-state index in [0.29, 0.717) is 6.54 Å². The first-order valence-corrected chi connectivity index (χ1v) is 6.38. The zero-order valence-electron chi connectivity index (χ0n) is 12.2. The fourth-order valence-corrected chi connectivity index (χ4v) is 1.69. The summed E-state index contributed by atoms with van der Waals surface area (Å²) in [4.78, 5) is 26.9. The van der Waals surface area contributed by atoms with E-state index in [-0.39, 0.29) is 0 Å². The van der Waals surface area contributed by atoms with Crippen LogP contribution in [0.5, 0.6) is 0 Å². The Kier molecular flexibility index (Phi) is 5.07. The van der Waals surface area contributed by atoms with Gasteiger partial charge in [-0.3, -0.25) is 4.98 Å². The number of urea groups is 1. The van der Waals surface area contributed by atoms with Crippen LogP contribution in [0.15, 0.2) is 18.5 Å². The molecule has 6 heteroatoms. The Bertz CT molecular complexity index is 495. The van der Waals surface area contributed by atoms with Gasteiger partial charge < -0.3 is 15.7 Å². The molecular weight excluding hydrogens is 258 g/mol. The molecule has 1 rings (SSSR count). The summed E-state index contributed by atoms with van der Waals surface area (Å²) >= 11 is 0. The maximum Gasteiger partial charge on any atom is 0.326 e. The molecule has 20 heavy (non-hydrogen) atoms. The smallest absolute Gasteiger partial charge is 0.326 e. The van der Waals surface area contributed by atoms with Crippen LogP contribution in [0.3, 0.4) is 0 Å². The maximum atomic E-state index is 11.8. The molecule has 1 atom stereocenters. The van der Waals surface area contributed by atoms with Crippen LogP contribution in [0.25, 0.3) is 0 Å². The number of nitrogens with one attached hydrogen (secondary N) is 2. The summed E-state index contributed by atoms with van der Waals surface area (Å²) in [5.41, 5.74) is 1.35. The summed E-state index contributed by atoms with van der Waals surface area (Å²) in [6, 6.07) is 0.400. The fourth-order valence-electron chi connectivity index (χ4n) is 1.69. The number of carbonyl (C=O) groups is 2. The van der Waals surface area contributed by atoms with Crippen molar-refractivity contribution < 1.29 is 14.7 Å². The zero-order chi connectivity index (χ0) is 15.3. The number of aliphatic carboxylic acids is 1. The molecule has 0 radical (unpaired) electrons. The molecule has 110 valence electrons. The Hall–Kier alpha value is -2.11. The van der Waals surface area contributed by atoms with E-state index < -0.39 is 23.5 Å². The van der Waals surface area contributed by atoms with Crippen LogP contribution < -0.4 is 10.6 Å². The Morgan fingerprint density at radius 2 is 2.05 bits per heavy atom. The number of hydrogen-bond acceptors (Lipinski definition) is 3. The van der Waals surface area contributed by atoms with Crippen molar-refractivity contribution in [1.29, 1.82) is 0 Å². The summed E-state index contributed by atoms with van der Waals surface area (Å²) < 4.78 is 0. The average molecular weight is 279 g/mol. The van der Waals surface area contributed by atoms with Crippen LogP contribution in [-0.4, -0.2) is 28.1 Å². The first kappa shape index (κ1) is 15.9. The SMILES string of the molecule is Cc1ccncc1CNC(=O)NC(C(=O)O)C(C)(C)C. The minimum atomic E-state index is -1.05. The van der Waals surface area contributed by atoms with Gasteiger partial charge in [0, 0.05) is 18.9 Å². The number of amides is 2. The lowest BCUT2D eigenvalue weighted by Crippen LogP contribution is -2.52. The van der Waals surface area contributed by atoms with Crippen molar-refractivity contribution in [3.63, 3.8) is 0 Å². The second-order valence-electron chi connectivity index (χ2n) is 5.77. The lowest BCUT2D eigenvalue weighted by atomic mass is 9.87. The molecule has 0 aromatic carbocycles. The van der Waals surface area contributed by atoms with Gasteiger partial charge in [0.25, 0.3) is 0 Å². The second-order valence-corrected chi connectivity index (χ2v) is 5.77. The second kappa shape index (κ2) is 6.36. The van der Waals surface area contributed by atoms with Crippen molar-refractivity contribution in [2.45, 2.75) is 40.3 Å². The minimum absolute atomic E-state index is 0.308. The number of carbonyl (C=O) groups excluding carboxylic acids is 1. The molecule has 0 aliphatic heterocycles. The molecule has 0 aliphatic carbocycles. The number of rotatable bonds is 4. The number of pyridine rings is 1. The van der Waals surface area contributed by atoms with Crippen molar-refractivity contribution in [2.75, 3.05) is 0 Å². The number of aromatic nitrogens is 1. The quantitative estimate of drug-likeness (QED) is 0.782. The topological polar surface area (TPSA) is 91.3 Å². The highest BCUT2D eigenvalue weighted by molar-refractivity contribution is 5.83. The summed E-state index contributed by atoms with van der Waals surface area (Å²) in [6.45, 7) is 7.51. The summed E-state index contributed by atoms with van der Waals surface area (Å²) in [6.07, 6.45) is 3.35. The minimum Gasteiger partial charge on any atom is -0.480 e. The largest absolute Gasteiger partial charge is 0.480 e. The van der Waals surface area contributed by atoms with Gasteiger partial charge in [-0.2, -0.15) is 0 Å². The van der Waals surface area contributed by atoms with Crippen molar-refractivity contribution in [3.05, 3.63) is 29.6 Å². The summed E-state index contributed by atoms with van der Waals surface area (Å²) in [5.74, 6) is -1.05. The molecule has 6 nitrogen and oxygen atoms in total. The van der Waals surface area contributed by atoms with E-state index in [1.807, 2.05) is 13.0 Å². The van der Waals surface area contributed by atoms with Gasteiger partial charge in [0.05, 0.1) is 0 Å². The van der Waals surface area contributed by atoms with Gasteiger partial charge in [-0.15, -0.1) is 0 Å². The highest BCUT2D eigenvalue weighted by atomic mass is 16.4. The van der Waals surface area contributed by atoms with Crippen LogP contribution in [0.4, 0.5) is 4.79 Å². The van der Waals surface area contributed by atoms with Crippen LogP contribution in [0, 0.1) is 12.3 Å². The molecule has 0 fully saturated rings. The molecule has 0 bridgehead atoms. The van der Waals surface area contributed by atoms with Crippen LogP contribution in [0.1, 0.15) is 31.9 Å². The van der Waals surface area contributed by atoms with E-state index in [1.54, 1.807) is 33.2 Å². The van der Waals surface area contributed by atoms with Crippen LogP contribution in [-0.2, 0) is 11.3 Å². The Morgan fingerprint density at radius 3 is 2.55 bits per heavy atom. The highest BCUT2D eigenvalue weighted by Crippen LogP contribution is 2.19. The van der Waals surface area contributed by atoms with Crippen molar-refractivity contribution in [3.8, 4) is 0 Å². The number of aryl methyl sites for hydroxylation is 1. The molecule has 0 aliphatic rings. The predicted octanol–water partition coefficient (Wildman–Crippen LogP) is 1.69. The zero-order valence-corrected chi connectivity index (χ0v) is 12.2. The van der Waals surface area contributed by atoms with E-state index in [4.69, 9.17) is 5.11 Å². The van der Waals surface area contributed by atoms with Gasteiger partial charge in [-0.05, 0) is 29.5 Å². The normalized spacial score (nSPS) is 12.6. The predicted molar refractivity (Wildman–Crippen MR) is 75.2 cm³/mol. The molecule has 1 aromatic heterocycles. The Balaban J connectivity index is 2.60. The third-order valence-corrected chi connectivity index (χ3v) is 2.98. The Labute approximate surface area is 118 Å². The molecule has 1 heterocycles. The number of carboxylic acid groups (broad SMARTS) is 1. The monoisotopic (exact) mass is 279 g/mol. The van der Waals surface area contributed by atoms with E-state index in [9.17, 15) is 9.59 Å². The molecule has 0 saturated heterocycles. The first-order chi connectivity index (χ1) is 9.21. The lowest BCUT2D eigenvalue weighted by Gasteiger charge is -2.27. The standard InChI is InChI=1S/C14H21N3O3/c1-9-5-6-15-7-10(9)8-16-13(20)17-11(12(18)19)14(2,3)4/h5-7,11H,8H2,1-4H3,(H,18,19)(H2,16,17,20). The van der Waals surface area contributed by atoms with E-state index in [0.717, 1.165) is 11.1 Å². The number of hydrogen-bond donors (Lipinski definition) is 3. The molecule has 2 amide bonds. The van der Waals surface area contributed by atoms with Crippen molar-refractivity contribution in [2.24, 2.45) is 5.41 Å². The van der Waals surface area contributed by atoms with E-state index >= 15 is 0 Å².